The average Bonchev–Trinajstić information content (AvgIpc) is 3.62. The van der Waals surface area contributed by atoms with Gasteiger partial charge in [0.1, 0.15) is 5.69 Å². The Morgan fingerprint density at radius 2 is 1.97 bits per heavy atom. The quantitative estimate of drug-likeness (QED) is 0.329. The number of allylic oxidation sites excluding steroid dienone is 1. The van der Waals surface area contributed by atoms with Gasteiger partial charge in [-0.25, -0.2) is 23.4 Å². The van der Waals surface area contributed by atoms with Gasteiger partial charge in [-0.1, -0.05) is 25.8 Å². The number of nitrogens with zero attached hydrogens (tertiary/aromatic N) is 1. The largest absolute Gasteiger partial charge is 1.00 e. The van der Waals surface area contributed by atoms with Gasteiger partial charge in [0.05, 0.1) is 17.7 Å². The second-order valence-electron chi connectivity index (χ2n) is 7.64. The van der Waals surface area contributed by atoms with Crippen molar-refractivity contribution in [3.8, 4) is 0 Å². The molecule has 2 saturated carbocycles. The number of hydrogen-bond donors (Lipinski definition) is 1. The van der Waals surface area contributed by atoms with Gasteiger partial charge in [0.25, 0.3) is 0 Å². The molecule has 2 fully saturated rings. The van der Waals surface area contributed by atoms with E-state index in [9.17, 15) is 4.79 Å². The van der Waals surface area contributed by atoms with Crippen molar-refractivity contribution in [1.82, 2.24) is 3.97 Å². The van der Waals surface area contributed by atoms with Gasteiger partial charge >= 0.3 is 74.9 Å². The number of rotatable bonds is 7. The topological polar surface area (TPSA) is 40.5 Å². The standard InChI is InChI=1S/C19H25NO3S.C4H5.CH3.Cs/c1-4-13(12-19(22-3)8-9-19)14-6-7-16-15(10-14)11-17(20(16)24)18(21)23-5-2;1-4-2-3-4;;/h6-7,10-11,13,24H,4-5,8-9,12H2,1-3H3;2H,1,3H2;1H3;/q;2*-1;+1. The van der Waals surface area contributed by atoms with Crippen LogP contribution in [0, 0.1) is 13.8 Å². The van der Waals surface area contributed by atoms with E-state index in [0.29, 0.717) is 18.2 Å². The minimum atomic E-state index is -0.339. The van der Waals surface area contributed by atoms with E-state index in [1.54, 1.807) is 10.9 Å². The third kappa shape index (κ3) is 7.10. The van der Waals surface area contributed by atoms with Crippen LogP contribution in [0.25, 0.3) is 10.9 Å². The number of thiol groups is 1. The summed E-state index contributed by atoms with van der Waals surface area (Å²) in [5, 5.41) is 1.02. The molecule has 1 aromatic heterocycles. The molecule has 1 heterocycles. The number of fused-ring (bicyclic) bond motifs is 1. The normalized spacial score (nSPS) is 16.2. The van der Waals surface area contributed by atoms with E-state index >= 15 is 0 Å². The summed E-state index contributed by atoms with van der Waals surface area (Å²) in [7, 11) is 1.82. The van der Waals surface area contributed by atoms with Crippen molar-refractivity contribution < 1.29 is 83.2 Å². The summed E-state index contributed by atoms with van der Waals surface area (Å²) in [6, 6.07) is 8.21. The molecule has 1 atom stereocenters. The van der Waals surface area contributed by atoms with Gasteiger partial charge in [-0.05, 0) is 62.3 Å². The zero-order valence-corrected chi connectivity index (χ0v) is 26.2. The molecule has 1 unspecified atom stereocenters. The Balaban J connectivity index is 0.000000673. The number of esters is 1. The van der Waals surface area contributed by atoms with Crippen LogP contribution in [0.15, 0.2) is 36.4 Å². The number of aromatic nitrogens is 1. The Bertz CT molecular complexity index is 867. The van der Waals surface area contributed by atoms with Gasteiger partial charge in [0, 0.05) is 12.5 Å². The molecule has 160 valence electrons. The number of hydrogen-bond acceptors (Lipinski definition) is 4. The Kier molecular flexibility index (Phi) is 11.7. The first-order chi connectivity index (χ1) is 13.4. The Labute approximate surface area is 246 Å². The van der Waals surface area contributed by atoms with Crippen molar-refractivity contribution in [3.63, 3.8) is 0 Å². The molecule has 0 radical (unpaired) electrons. The van der Waals surface area contributed by atoms with Crippen LogP contribution in [0.1, 0.15) is 67.9 Å². The van der Waals surface area contributed by atoms with Crippen molar-refractivity contribution in [2.45, 2.75) is 57.5 Å². The van der Waals surface area contributed by atoms with E-state index < -0.39 is 0 Å². The number of carbonyl (C=O) groups excluding carboxylic acids is 1. The van der Waals surface area contributed by atoms with Crippen LogP contribution in [0.4, 0.5) is 0 Å². The maximum absolute atomic E-state index is 12.0. The molecule has 4 rings (SSSR count). The molecule has 2 aromatic rings. The fourth-order valence-corrected chi connectivity index (χ4v) is 3.80. The van der Waals surface area contributed by atoms with E-state index in [2.05, 4.69) is 44.9 Å². The van der Waals surface area contributed by atoms with Gasteiger partial charge < -0.3 is 16.9 Å². The molecular weight excluding hydrogens is 515 g/mol. The summed E-state index contributed by atoms with van der Waals surface area (Å²) in [5.74, 6) is 0.125. The predicted molar refractivity (Wildman–Crippen MR) is 123 cm³/mol. The maximum atomic E-state index is 12.0. The first kappa shape index (κ1) is 28.2. The summed E-state index contributed by atoms with van der Waals surface area (Å²) >= 11 is 4.45. The Morgan fingerprint density at radius 3 is 2.43 bits per heavy atom. The SMILES string of the molecule is C=C1[CH-]C1.CCOC(=O)c1cc2cc(C(CC)CC3(OC)CC3)ccc2n1S.[CH3-].[Cs+]. The van der Waals surface area contributed by atoms with Crippen molar-refractivity contribution >= 4 is 29.7 Å². The average molecular weight is 549 g/mol. The van der Waals surface area contributed by atoms with Crippen LogP contribution in [0.2, 0.25) is 0 Å². The molecule has 2 aliphatic carbocycles. The fourth-order valence-electron chi connectivity index (χ4n) is 3.47. The number of carbonyl (C=O) groups is 1. The molecule has 0 aliphatic heterocycles. The third-order valence-corrected chi connectivity index (χ3v) is 6.03. The van der Waals surface area contributed by atoms with E-state index in [1.807, 2.05) is 19.2 Å². The van der Waals surface area contributed by atoms with E-state index in [1.165, 1.54) is 17.6 Å². The summed E-state index contributed by atoms with van der Waals surface area (Å²) in [6.45, 7) is 7.99. The fraction of sp³-hybridized carbons (Fsp3) is 0.458. The summed E-state index contributed by atoms with van der Waals surface area (Å²) < 4.78 is 12.4. The molecule has 2 aliphatic rings. The minimum absolute atomic E-state index is 0. The molecule has 0 saturated heterocycles. The molecule has 30 heavy (non-hydrogen) atoms. The first-order valence-electron chi connectivity index (χ1n) is 10.0. The van der Waals surface area contributed by atoms with E-state index in [4.69, 9.17) is 9.47 Å². The van der Waals surface area contributed by atoms with Crippen LogP contribution in [0.3, 0.4) is 0 Å². The Morgan fingerprint density at radius 1 is 1.33 bits per heavy atom. The molecule has 0 spiro atoms. The van der Waals surface area contributed by atoms with Crippen LogP contribution in [-0.4, -0.2) is 29.3 Å². The third-order valence-electron chi connectivity index (χ3n) is 5.60. The molecule has 6 heteroatoms. The first-order valence-corrected chi connectivity index (χ1v) is 10.4. The molecule has 4 nitrogen and oxygen atoms in total. The maximum Gasteiger partial charge on any atom is 1.00 e. The van der Waals surface area contributed by atoms with Gasteiger partial charge in [-0.2, -0.15) is 0 Å². The zero-order chi connectivity index (χ0) is 20.3. The summed E-state index contributed by atoms with van der Waals surface area (Å²) in [6.07, 6.45) is 7.70. The van der Waals surface area contributed by atoms with Gasteiger partial charge in [0.2, 0.25) is 0 Å². The molecular formula is C24H33CsNO3S-. The van der Waals surface area contributed by atoms with Gasteiger partial charge in [0.15, 0.2) is 0 Å². The smallest absolute Gasteiger partial charge is 0.461 e. The van der Waals surface area contributed by atoms with E-state index in [-0.39, 0.29) is 87.9 Å². The molecule has 1 aromatic carbocycles. The number of benzene rings is 1. The summed E-state index contributed by atoms with van der Waals surface area (Å²) in [4.78, 5) is 12.0. The second kappa shape index (κ2) is 12.4. The van der Waals surface area contributed by atoms with Crippen molar-refractivity contribution in [3.05, 3.63) is 61.5 Å². The van der Waals surface area contributed by atoms with Crippen LogP contribution < -0.4 is 68.9 Å². The van der Waals surface area contributed by atoms with Crippen LogP contribution in [0.5, 0.6) is 0 Å². The van der Waals surface area contributed by atoms with Gasteiger partial charge in [-0.15, -0.1) is 6.42 Å². The number of ether oxygens (including phenoxy) is 2. The van der Waals surface area contributed by atoms with Gasteiger partial charge in [-0.3, -0.25) is 3.97 Å². The van der Waals surface area contributed by atoms with Crippen molar-refractivity contribution in [2.24, 2.45) is 0 Å². The molecule has 0 N–H and O–H groups in total. The monoisotopic (exact) mass is 548 g/mol. The molecule has 0 amide bonds. The summed E-state index contributed by atoms with van der Waals surface area (Å²) in [5.41, 5.74) is 4.06. The van der Waals surface area contributed by atoms with Crippen molar-refractivity contribution in [2.75, 3.05) is 13.7 Å². The van der Waals surface area contributed by atoms with Crippen LogP contribution >= 0.6 is 12.8 Å². The Hall–Kier alpha value is 0.202. The minimum Gasteiger partial charge on any atom is -0.461 e. The number of methoxy groups -OCH3 is 1. The van der Waals surface area contributed by atoms with Crippen molar-refractivity contribution in [1.29, 1.82) is 0 Å². The van der Waals surface area contributed by atoms with E-state index in [0.717, 1.165) is 36.6 Å². The predicted octanol–water partition coefficient (Wildman–Crippen LogP) is 3.18. The zero-order valence-electron chi connectivity index (χ0n) is 19.0. The second-order valence-corrected chi connectivity index (χ2v) is 8.04. The molecule has 0 bridgehead atoms. The van der Waals surface area contributed by atoms with Crippen LogP contribution in [-0.2, 0) is 9.47 Å².